The van der Waals surface area contributed by atoms with Crippen molar-refractivity contribution in [2.75, 3.05) is 33.0 Å². The highest BCUT2D eigenvalue weighted by molar-refractivity contribution is 6.01. The minimum absolute atomic E-state index is 0.0290. The second-order valence-electron chi connectivity index (χ2n) is 6.36. The Bertz CT molecular complexity index is 1030. The Hall–Kier alpha value is -3.31. The third-order valence-electron chi connectivity index (χ3n) is 4.31. The number of H-pyrrole nitrogens is 1. The number of halogens is 1. The monoisotopic (exact) mass is 407 g/mol. The van der Waals surface area contributed by atoms with Gasteiger partial charge in [0.05, 0.1) is 19.7 Å². The van der Waals surface area contributed by atoms with Gasteiger partial charge in [0.15, 0.2) is 5.78 Å². The van der Waals surface area contributed by atoms with Crippen molar-refractivity contribution in [3.8, 4) is 0 Å². The summed E-state index contributed by atoms with van der Waals surface area (Å²) >= 11 is 0. The van der Waals surface area contributed by atoms with Crippen LogP contribution in [0.3, 0.4) is 0 Å². The van der Waals surface area contributed by atoms with Gasteiger partial charge in [-0.1, -0.05) is 12.1 Å². The maximum atomic E-state index is 13.5. The van der Waals surface area contributed by atoms with E-state index in [0.717, 1.165) is 10.6 Å². The lowest BCUT2D eigenvalue weighted by Crippen LogP contribution is -2.41. The molecule has 156 valence electrons. The lowest BCUT2D eigenvalue weighted by atomic mass is 10.0. The number of Topliss-reactive ketones (excluding diaryl/α,β-unsaturated/α-hetero) is 1. The Morgan fingerprint density at radius 3 is 2.62 bits per heavy atom. The number of ether oxygens (including phenoxy) is 1. The van der Waals surface area contributed by atoms with E-state index in [1.807, 2.05) is 4.98 Å². The van der Waals surface area contributed by atoms with Crippen LogP contribution in [-0.2, 0) is 16.1 Å². The van der Waals surface area contributed by atoms with E-state index in [4.69, 9.17) is 16.2 Å². The highest BCUT2D eigenvalue weighted by Gasteiger charge is 2.27. The number of aromatic nitrogens is 2. The van der Waals surface area contributed by atoms with Gasteiger partial charge in [0, 0.05) is 7.11 Å². The van der Waals surface area contributed by atoms with Gasteiger partial charge in [-0.25, -0.2) is 9.18 Å². The predicted octanol–water partition coefficient (Wildman–Crippen LogP) is -0.755. The molecule has 1 aromatic carbocycles. The van der Waals surface area contributed by atoms with Crippen LogP contribution in [-0.4, -0.2) is 53.5 Å². The Labute approximate surface area is 164 Å². The van der Waals surface area contributed by atoms with E-state index in [1.165, 1.54) is 37.3 Å². The predicted molar refractivity (Wildman–Crippen MR) is 103 cm³/mol. The van der Waals surface area contributed by atoms with Gasteiger partial charge in [-0.2, -0.15) is 0 Å². The molecule has 0 aliphatic carbocycles. The molecule has 0 bridgehead atoms. The van der Waals surface area contributed by atoms with Crippen LogP contribution in [0.2, 0.25) is 0 Å². The number of aromatic amines is 1. The Kier molecular flexibility index (Phi) is 7.02. The lowest BCUT2D eigenvalue weighted by Gasteiger charge is -2.25. The second kappa shape index (κ2) is 9.26. The quantitative estimate of drug-likeness (QED) is 0.462. The zero-order valence-corrected chi connectivity index (χ0v) is 16.0. The average molecular weight is 407 g/mol. The van der Waals surface area contributed by atoms with Gasteiger partial charge in [0.1, 0.15) is 23.2 Å². The average Bonchev–Trinajstić information content (AvgIpc) is 2.61. The van der Waals surface area contributed by atoms with Gasteiger partial charge < -0.3 is 16.2 Å². The number of methoxy groups -OCH3 is 1. The fourth-order valence-electron chi connectivity index (χ4n) is 2.97. The summed E-state index contributed by atoms with van der Waals surface area (Å²) in [5, 5.41) is 0. The van der Waals surface area contributed by atoms with Crippen molar-refractivity contribution in [2.24, 2.45) is 5.73 Å². The van der Waals surface area contributed by atoms with Crippen LogP contribution in [0, 0.1) is 5.82 Å². The first-order valence-corrected chi connectivity index (χ1v) is 8.57. The molecule has 0 saturated heterocycles. The van der Waals surface area contributed by atoms with Crippen LogP contribution in [0.4, 0.5) is 10.2 Å². The molecular formula is C18H22FN5O5. The van der Waals surface area contributed by atoms with Crippen molar-refractivity contribution >= 4 is 17.5 Å². The van der Waals surface area contributed by atoms with Crippen molar-refractivity contribution < 1.29 is 18.7 Å². The number of carbonyl (C=O) groups is 2. The van der Waals surface area contributed by atoms with Crippen LogP contribution in [0.5, 0.6) is 0 Å². The number of nitrogens with zero attached hydrogens (tertiary/aromatic N) is 2. The second-order valence-corrected chi connectivity index (χ2v) is 6.36. The molecule has 1 heterocycles. The topological polar surface area (TPSA) is 154 Å². The van der Waals surface area contributed by atoms with Crippen LogP contribution in [0.1, 0.15) is 22.0 Å². The summed E-state index contributed by atoms with van der Waals surface area (Å²) in [5.41, 5.74) is 9.41. The van der Waals surface area contributed by atoms with Crippen molar-refractivity contribution in [2.45, 2.75) is 12.6 Å². The molecule has 2 aromatic rings. The van der Waals surface area contributed by atoms with Crippen molar-refractivity contribution in [3.05, 3.63) is 62.0 Å². The Balaban J connectivity index is 2.36. The molecule has 1 unspecified atom stereocenters. The van der Waals surface area contributed by atoms with Crippen molar-refractivity contribution in [1.29, 1.82) is 0 Å². The molecule has 1 aromatic heterocycles. The SMILES string of the molecule is COCCn1c(N)c(C(=O)CN(C)C(C(N)=O)c2cccc(F)c2)c(=O)[nH]c1=O. The molecule has 0 spiro atoms. The number of ketones is 1. The van der Waals surface area contributed by atoms with Crippen molar-refractivity contribution in [3.63, 3.8) is 0 Å². The number of amides is 1. The largest absolute Gasteiger partial charge is 0.384 e. The summed E-state index contributed by atoms with van der Waals surface area (Å²) in [4.78, 5) is 52.1. The molecule has 0 fully saturated rings. The van der Waals surface area contributed by atoms with E-state index in [0.29, 0.717) is 0 Å². The number of nitrogen functional groups attached to an aromatic ring is 1. The number of primary amides is 1. The molecule has 0 aliphatic heterocycles. The minimum Gasteiger partial charge on any atom is -0.384 e. The van der Waals surface area contributed by atoms with Crippen LogP contribution >= 0.6 is 0 Å². The number of anilines is 1. The third-order valence-corrected chi connectivity index (χ3v) is 4.31. The molecule has 5 N–H and O–H groups in total. The lowest BCUT2D eigenvalue weighted by molar-refractivity contribution is -0.122. The van der Waals surface area contributed by atoms with Gasteiger partial charge >= 0.3 is 5.69 Å². The van der Waals surface area contributed by atoms with Gasteiger partial charge in [-0.05, 0) is 24.7 Å². The van der Waals surface area contributed by atoms with E-state index in [-0.39, 0.29) is 24.5 Å². The van der Waals surface area contributed by atoms with Gasteiger partial charge in [-0.3, -0.25) is 28.8 Å². The zero-order chi connectivity index (χ0) is 21.7. The van der Waals surface area contributed by atoms with Gasteiger partial charge in [0.25, 0.3) is 5.56 Å². The number of hydrogen-bond donors (Lipinski definition) is 3. The van der Waals surface area contributed by atoms with E-state index < -0.39 is 46.9 Å². The summed E-state index contributed by atoms with van der Waals surface area (Å²) in [6, 6.07) is 4.11. The van der Waals surface area contributed by atoms with E-state index in [2.05, 4.69) is 0 Å². The van der Waals surface area contributed by atoms with Crippen LogP contribution in [0.15, 0.2) is 33.9 Å². The molecule has 11 heteroatoms. The summed E-state index contributed by atoms with van der Waals surface area (Å²) in [7, 11) is 2.84. The number of rotatable bonds is 9. The first kappa shape index (κ1) is 22.0. The van der Waals surface area contributed by atoms with Crippen molar-refractivity contribution in [1.82, 2.24) is 14.5 Å². The maximum absolute atomic E-state index is 13.5. The number of hydrogen-bond acceptors (Lipinski definition) is 7. The van der Waals surface area contributed by atoms with Crippen LogP contribution in [0.25, 0.3) is 0 Å². The molecule has 10 nitrogen and oxygen atoms in total. The summed E-state index contributed by atoms with van der Waals surface area (Å²) < 4.78 is 19.4. The summed E-state index contributed by atoms with van der Waals surface area (Å²) in [6.45, 7) is -0.270. The first-order valence-electron chi connectivity index (χ1n) is 8.57. The zero-order valence-electron chi connectivity index (χ0n) is 16.0. The molecule has 1 atom stereocenters. The smallest absolute Gasteiger partial charge is 0.330 e. The molecule has 0 radical (unpaired) electrons. The number of carbonyl (C=O) groups excluding carboxylic acids is 2. The molecule has 29 heavy (non-hydrogen) atoms. The normalized spacial score (nSPS) is 12.1. The molecule has 0 aliphatic rings. The number of nitrogens with one attached hydrogen (secondary N) is 1. The number of benzene rings is 1. The fraction of sp³-hybridized carbons (Fsp3) is 0.333. The Morgan fingerprint density at radius 2 is 2.03 bits per heavy atom. The first-order chi connectivity index (χ1) is 13.7. The van der Waals surface area contributed by atoms with Crippen LogP contribution < -0.4 is 22.7 Å². The fourth-order valence-corrected chi connectivity index (χ4v) is 2.97. The maximum Gasteiger partial charge on any atom is 0.330 e. The van der Waals surface area contributed by atoms with Gasteiger partial charge in [0.2, 0.25) is 5.91 Å². The molecule has 0 saturated carbocycles. The number of likely N-dealkylation sites (N-methyl/N-ethyl adjacent to an activating group) is 1. The number of nitrogens with two attached hydrogens (primary N) is 2. The van der Waals surface area contributed by atoms with E-state index in [1.54, 1.807) is 0 Å². The Morgan fingerprint density at radius 1 is 1.34 bits per heavy atom. The molecular weight excluding hydrogens is 385 g/mol. The highest BCUT2D eigenvalue weighted by atomic mass is 19.1. The highest BCUT2D eigenvalue weighted by Crippen LogP contribution is 2.20. The molecule has 2 rings (SSSR count). The summed E-state index contributed by atoms with van der Waals surface area (Å²) in [5.74, 6) is -2.42. The van der Waals surface area contributed by atoms with Gasteiger partial charge in [-0.15, -0.1) is 0 Å². The standard InChI is InChI=1S/C18H22FN5O5/c1-23(14(16(21)26)10-4-3-5-11(19)8-10)9-12(25)13-15(20)24(6-7-29-2)18(28)22-17(13)27/h3-5,8,14H,6-7,9,20H2,1-2H3,(H2,21,26)(H,22,27,28). The third kappa shape index (κ3) is 4.95. The minimum atomic E-state index is -1.12. The van der Waals surface area contributed by atoms with E-state index in [9.17, 15) is 23.6 Å². The summed E-state index contributed by atoms with van der Waals surface area (Å²) in [6.07, 6.45) is 0. The van der Waals surface area contributed by atoms with E-state index >= 15 is 0 Å². The molecule has 1 amide bonds.